The Balaban J connectivity index is 2.40. The number of hydrogen-bond acceptors (Lipinski definition) is 1. The van der Waals surface area contributed by atoms with Crippen LogP contribution in [0.25, 0.3) is 0 Å². The molecule has 0 aromatic rings. The Hall–Kier alpha value is -0.590. The Bertz CT molecular complexity index is 343. The summed E-state index contributed by atoms with van der Waals surface area (Å²) in [7, 11) is 0. The van der Waals surface area contributed by atoms with E-state index in [0.29, 0.717) is 17.3 Å². The third-order valence-electron chi connectivity index (χ3n) is 6.12. The molecule has 1 saturated carbocycles. The first-order valence-corrected chi connectivity index (χ1v) is 7.06. The van der Waals surface area contributed by atoms with Gasteiger partial charge < -0.3 is 4.79 Å². The van der Waals surface area contributed by atoms with Gasteiger partial charge in [-0.05, 0) is 55.3 Å². The Labute approximate surface area is 106 Å². The first-order chi connectivity index (χ1) is 7.95. The summed E-state index contributed by atoms with van der Waals surface area (Å²) in [5.74, 6) is 1.37. The lowest BCUT2D eigenvalue weighted by molar-refractivity contribution is -0.115. The summed E-state index contributed by atoms with van der Waals surface area (Å²) in [6, 6.07) is 0. The molecule has 0 aromatic carbocycles. The van der Waals surface area contributed by atoms with Gasteiger partial charge in [0, 0.05) is 6.42 Å². The Kier molecular flexibility index (Phi) is 3.22. The lowest BCUT2D eigenvalue weighted by Crippen LogP contribution is -2.49. The molecule has 1 nitrogen and oxygen atoms in total. The second-order valence-electron chi connectivity index (χ2n) is 6.75. The molecular weight excluding hydrogens is 208 g/mol. The number of carbonyl (C=O) groups excluding carboxylic acids is 1. The Morgan fingerprint density at radius 1 is 1.41 bits per heavy atom. The molecule has 0 unspecified atom stereocenters. The number of allylic oxidation sites excluding steroid dienone is 2. The molecule has 0 radical (unpaired) electrons. The van der Waals surface area contributed by atoms with E-state index in [-0.39, 0.29) is 5.41 Å². The topological polar surface area (TPSA) is 17.1 Å². The quantitative estimate of drug-likeness (QED) is 0.512. The molecule has 96 valence electrons. The molecule has 0 heterocycles. The molecule has 2 rings (SSSR count). The molecule has 0 aliphatic heterocycles. The summed E-state index contributed by atoms with van der Waals surface area (Å²) in [5.41, 5.74) is 2.13. The van der Waals surface area contributed by atoms with Crippen molar-refractivity contribution in [1.82, 2.24) is 0 Å². The molecule has 1 fully saturated rings. The predicted octanol–water partition coefficient (Wildman–Crippen LogP) is 4.37. The third-order valence-corrected chi connectivity index (χ3v) is 6.12. The molecule has 4 atom stereocenters. The molecule has 0 spiro atoms. The van der Waals surface area contributed by atoms with Crippen LogP contribution in [0.5, 0.6) is 0 Å². The van der Waals surface area contributed by atoms with Crippen LogP contribution in [0.15, 0.2) is 11.6 Å². The summed E-state index contributed by atoms with van der Waals surface area (Å²) in [4.78, 5) is 11.1. The highest BCUT2D eigenvalue weighted by molar-refractivity contribution is 5.51. The van der Waals surface area contributed by atoms with E-state index in [9.17, 15) is 4.79 Å². The van der Waals surface area contributed by atoms with Crippen LogP contribution in [0.2, 0.25) is 0 Å². The van der Waals surface area contributed by atoms with E-state index in [1.807, 2.05) is 0 Å². The van der Waals surface area contributed by atoms with Gasteiger partial charge in [-0.2, -0.15) is 0 Å². The highest BCUT2D eigenvalue weighted by atomic mass is 16.1. The number of hydrogen-bond donors (Lipinski definition) is 0. The van der Waals surface area contributed by atoms with Crippen molar-refractivity contribution in [3.05, 3.63) is 11.6 Å². The standard InChI is InChI=1S/C16H26O/c1-12-6-5-7-14-15(12,3)9-8-13(2)16(14,4)10-11-17/h6,11,13-14H,5,7-10H2,1-4H3/t13-,14+,15+,16+/m1/s1. The fraction of sp³-hybridized carbons (Fsp3) is 0.812. The predicted molar refractivity (Wildman–Crippen MR) is 71.8 cm³/mol. The number of rotatable bonds is 2. The van der Waals surface area contributed by atoms with Gasteiger partial charge in [0.15, 0.2) is 0 Å². The van der Waals surface area contributed by atoms with E-state index >= 15 is 0 Å². The van der Waals surface area contributed by atoms with Gasteiger partial charge in [-0.15, -0.1) is 0 Å². The minimum atomic E-state index is 0.213. The van der Waals surface area contributed by atoms with Crippen molar-refractivity contribution in [3.63, 3.8) is 0 Å². The molecule has 0 aromatic heterocycles. The van der Waals surface area contributed by atoms with Crippen LogP contribution in [-0.4, -0.2) is 6.29 Å². The van der Waals surface area contributed by atoms with Crippen LogP contribution in [0.3, 0.4) is 0 Å². The maximum absolute atomic E-state index is 11.1. The molecule has 2 aliphatic carbocycles. The Morgan fingerprint density at radius 3 is 2.76 bits per heavy atom. The SMILES string of the molecule is CC1=CCC[C@@H]2[C@@](C)(CC=O)[C@H](C)CC[C@@]12C. The van der Waals surface area contributed by atoms with Gasteiger partial charge >= 0.3 is 0 Å². The fourth-order valence-corrected chi connectivity index (χ4v) is 4.43. The van der Waals surface area contributed by atoms with Crippen molar-refractivity contribution in [1.29, 1.82) is 0 Å². The van der Waals surface area contributed by atoms with Gasteiger partial charge in [0.1, 0.15) is 6.29 Å². The highest BCUT2D eigenvalue weighted by Crippen LogP contribution is 2.61. The molecule has 1 heteroatoms. The fourth-order valence-electron chi connectivity index (χ4n) is 4.43. The van der Waals surface area contributed by atoms with E-state index in [2.05, 4.69) is 33.8 Å². The van der Waals surface area contributed by atoms with E-state index < -0.39 is 0 Å². The zero-order valence-electron chi connectivity index (χ0n) is 11.8. The average molecular weight is 234 g/mol. The van der Waals surface area contributed by atoms with Crippen LogP contribution < -0.4 is 0 Å². The van der Waals surface area contributed by atoms with Crippen molar-refractivity contribution in [2.75, 3.05) is 0 Å². The van der Waals surface area contributed by atoms with Crippen molar-refractivity contribution < 1.29 is 4.79 Å². The van der Waals surface area contributed by atoms with Crippen LogP contribution in [0.1, 0.15) is 59.8 Å². The molecule has 0 amide bonds. The number of aldehydes is 1. The summed E-state index contributed by atoms with van der Waals surface area (Å²) >= 11 is 0. The monoisotopic (exact) mass is 234 g/mol. The Morgan fingerprint density at radius 2 is 2.12 bits per heavy atom. The lowest BCUT2D eigenvalue weighted by atomic mass is 9.47. The average Bonchev–Trinajstić information content (AvgIpc) is 2.28. The normalized spacial score (nSPS) is 46.0. The third kappa shape index (κ3) is 1.78. The lowest BCUT2D eigenvalue weighted by Gasteiger charge is -2.57. The summed E-state index contributed by atoms with van der Waals surface area (Å²) in [6.45, 7) is 9.42. The van der Waals surface area contributed by atoms with E-state index in [4.69, 9.17) is 0 Å². The van der Waals surface area contributed by atoms with Crippen molar-refractivity contribution in [2.45, 2.75) is 59.8 Å². The molecule has 0 saturated heterocycles. The molecule has 2 aliphatic rings. The van der Waals surface area contributed by atoms with Gasteiger partial charge in [0.2, 0.25) is 0 Å². The summed E-state index contributed by atoms with van der Waals surface area (Å²) in [6.07, 6.45) is 9.35. The van der Waals surface area contributed by atoms with Gasteiger partial charge in [-0.3, -0.25) is 0 Å². The van der Waals surface area contributed by atoms with Gasteiger partial charge in [0.25, 0.3) is 0 Å². The first kappa shape index (κ1) is 12.9. The van der Waals surface area contributed by atoms with E-state index in [1.165, 1.54) is 25.7 Å². The van der Waals surface area contributed by atoms with Gasteiger partial charge in [0.05, 0.1) is 0 Å². The summed E-state index contributed by atoms with van der Waals surface area (Å²) in [5, 5.41) is 0. The van der Waals surface area contributed by atoms with Gasteiger partial charge in [-0.1, -0.05) is 32.4 Å². The van der Waals surface area contributed by atoms with Crippen molar-refractivity contribution in [2.24, 2.45) is 22.7 Å². The number of carbonyl (C=O) groups is 1. The smallest absolute Gasteiger partial charge is 0.120 e. The van der Waals surface area contributed by atoms with Crippen molar-refractivity contribution >= 4 is 6.29 Å². The first-order valence-electron chi connectivity index (χ1n) is 7.06. The zero-order valence-corrected chi connectivity index (χ0v) is 11.8. The maximum atomic E-state index is 11.1. The maximum Gasteiger partial charge on any atom is 0.120 e. The second-order valence-corrected chi connectivity index (χ2v) is 6.75. The van der Waals surface area contributed by atoms with Gasteiger partial charge in [-0.25, -0.2) is 0 Å². The van der Waals surface area contributed by atoms with Crippen LogP contribution >= 0.6 is 0 Å². The van der Waals surface area contributed by atoms with Crippen LogP contribution in [-0.2, 0) is 4.79 Å². The minimum absolute atomic E-state index is 0.213. The molecule has 0 N–H and O–H groups in total. The molecule has 0 bridgehead atoms. The van der Waals surface area contributed by atoms with Crippen LogP contribution in [0.4, 0.5) is 0 Å². The summed E-state index contributed by atoms with van der Waals surface area (Å²) < 4.78 is 0. The molecule has 17 heavy (non-hydrogen) atoms. The number of fused-ring (bicyclic) bond motifs is 1. The second kappa shape index (κ2) is 4.26. The minimum Gasteiger partial charge on any atom is -0.303 e. The van der Waals surface area contributed by atoms with E-state index in [1.54, 1.807) is 5.57 Å². The highest BCUT2D eigenvalue weighted by Gasteiger charge is 2.52. The van der Waals surface area contributed by atoms with E-state index in [0.717, 1.165) is 12.7 Å². The van der Waals surface area contributed by atoms with Crippen molar-refractivity contribution in [3.8, 4) is 0 Å². The zero-order chi connectivity index (χ0) is 12.7. The molecular formula is C16H26O. The van der Waals surface area contributed by atoms with Crippen LogP contribution in [0, 0.1) is 22.7 Å². The largest absolute Gasteiger partial charge is 0.303 e.